The SMILES string of the molecule is CCC(=O)OC1(Cc2cncc(-c3cc4ccccc4n3C)c2)CCC1. The second kappa shape index (κ2) is 6.60. The zero-order valence-electron chi connectivity index (χ0n) is 15.4. The van der Waals surface area contributed by atoms with Crippen LogP contribution in [0.1, 0.15) is 38.2 Å². The van der Waals surface area contributed by atoms with Gasteiger partial charge in [0.05, 0.1) is 5.69 Å². The van der Waals surface area contributed by atoms with Crippen molar-refractivity contribution in [3.63, 3.8) is 0 Å². The molecular formula is C22H24N2O2. The van der Waals surface area contributed by atoms with Crippen molar-refractivity contribution in [3.8, 4) is 11.3 Å². The van der Waals surface area contributed by atoms with Gasteiger partial charge in [-0.05, 0) is 43.0 Å². The molecule has 0 amide bonds. The van der Waals surface area contributed by atoms with Crippen molar-refractivity contribution in [2.45, 2.75) is 44.6 Å². The van der Waals surface area contributed by atoms with Crippen molar-refractivity contribution in [1.82, 2.24) is 9.55 Å². The number of para-hydroxylation sites is 1. The first kappa shape index (κ1) is 16.8. The summed E-state index contributed by atoms with van der Waals surface area (Å²) in [6, 6.07) is 12.8. The number of pyridine rings is 1. The number of ether oxygens (including phenoxy) is 1. The molecule has 4 rings (SSSR count). The van der Waals surface area contributed by atoms with Crippen LogP contribution in [0.5, 0.6) is 0 Å². The maximum Gasteiger partial charge on any atom is 0.306 e. The van der Waals surface area contributed by atoms with E-state index >= 15 is 0 Å². The van der Waals surface area contributed by atoms with Gasteiger partial charge in [-0.15, -0.1) is 0 Å². The van der Waals surface area contributed by atoms with Gasteiger partial charge >= 0.3 is 5.97 Å². The number of nitrogens with zero attached hydrogens (tertiary/aromatic N) is 2. The molecule has 26 heavy (non-hydrogen) atoms. The van der Waals surface area contributed by atoms with E-state index in [1.165, 1.54) is 10.9 Å². The predicted octanol–water partition coefficient (Wildman–Crippen LogP) is 4.66. The third-order valence-corrected chi connectivity index (χ3v) is 5.45. The Morgan fingerprint density at radius 3 is 2.73 bits per heavy atom. The summed E-state index contributed by atoms with van der Waals surface area (Å²) in [5, 5.41) is 1.22. The van der Waals surface area contributed by atoms with Gasteiger partial charge in [-0.2, -0.15) is 0 Å². The maximum absolute atomic E-state index is 11.8. The molecule has 3 aromatic rings. The van der Waals surface area contributed by atoms with Crippen LogP contribution in [0.2, 0.25) is 0 Å². The lowest BCUT2D eigenvalue weighted by Gasteiger charge is -2.41. The molecule has 0 aliphatic heterocycles. The Morgan fingerprint density at radius 2 is 2.04 bits per heavy atom. The fourth-order valence-corrected chi connectivity index (χ4v) is 3.86. The number of aromatic nitrogens is 2. The number of benzene rings is 1. The lowest BCUT2D eigenvalue weighted by atomic mass is 9.76. The first-order valence-electron chi connectivity index (χ1n) is 9.31. The van der Waals surface area contributed by atoms with Crippen molar-refractivity contribution in [3.05, 3.63) is 54.4 Å². The van der Waals surface area contributed by atoms with Gasteiger partial charge in [0.25, 0.3) is 0 Å². The number of carbonyl (C=O) groups excluding carboxylic acids is 1. The second-order valence-corrected chi connectivity index (χ2v) is 7.27. The zero-order chi connectivity index (χ0) is 18.1. The van der Waals surface area contributed by atoms with Crippen LogP contribution in [0.25, 0.3) is 22.2 Å². The van der Waals surface area contributed by atoms with Crippen molar-refractivity contribution in [1.29, 1.82) is 0 Å². The van der Waals surface area contributed by atoms with Crippen molar-refractivity contribution in [2.75, 3.05) is 0 Å². The fraction of sp³-hybridized carbons (Fsp3) is 0.364. The van der Waals surface area contributed by atoms with Gasteiger partial charge in [-0.1, -0.05) is 25.1 Å². The summed E-state index contributed by atoms with van der Waals surface area (Å²) in [6.07, 6.45) is 7.97. The van der Waals surface area contributed by atoms with Gasteiger partial charge in [0.2, 0.25) is 0 Å². The van der Waals surface area contributed by atoms with Crippen LogP contribution in [0.3, 0.4) is 0 Å². The Bertz CT molecular complexity index is 954. The molecule has 0 saturated heterocycles. The number of aryl methyl sites for hydroxylation is 1. The van der Waals surface area contributed by atoms with E-state index in [0.717, 1.165) is 42.5 Å². The Labute approximate surface area is 153 Å². The Morgan fingerprint density at radius 1 is 1.23 bits per heavy atom. The van der Waals surface area contributed by atoms with E-state index < -0.39 is 0 Å². The number of carbonyl (C=O) groups is 1. The van der Waals surface area contributed by atoms with E-state index in [-0.39, 0.29) is 11.6 Å². The Hall–Kier alpha value is -2.62. The molecule has 0 radical (unpaired) electrons. The molecular weight excluding hydrogens is 324 g/mol. The first-order valence-corrected chi connectivity index (χ1v) is 9.31. The highest BCUT2D eigenvalue weighted by atomic mass is 16.6. The summed E-state index contributed by atoms with van der Waals surface area (Å²) in [6.45, 7) is 1.84. The van der Waals surface area contributed by atoms with E-state index in [1.54, 1.807) is 0 Å². The molecule has 0 spiro atoms. The molecule has 2 heterocycles. The normalized spacial score (nSPS) is 15.6. The molecule has 0 atom stereocenters. The highest BCUT2D eigenvalue weighted by Gasteiger charge is 2.40. The van der Waals surface area contributed by atoms with Crippen molar-refractivity contribution in [2.24, 2.45) is 7.05 Å². The number of hydrogen-bond acceptors (Lipinski definition) is 3. The zero-order valence-corrected chi connectivity index (χ0v) is 15.4. The standard InChI is InChI=1S/C22H24N2O2/c1-3-21(25)26-22(9-6-10-22)13-16-11-18(15-23-14-16)20-12-17-7-4-5-8-19(17)24(20)2/h4-5,7-8,11-12,14-15H,3,6,9-10,13H2,1-2H3. The monoisotopic (exact) mass is 348 g/mol. The highest BCUT2D eigenvalue weighted by molar-refractivity contribution is 5.86. The number of fused-ring (bicyclic) bond motifs is 1. The summed E-state index contributed by atoms with van der Waals surface area (Å²) >= 11 is 0. The molecule has 134 valence electrons. The van der Waals surface area contributed by atoms with Gasteiger partial charge in [-0.25, -0.2) is 0 Å². The van der Waals surface area contributed by atoms with Crippen LogP contribution >= 0.6 is 0 Å². The molecule has 0 bridgehead atoms. The Kier molecular flexibility index (Phi) is 4.27. The van der Waals surface area contributed by atoms with Crippen LogP contribution in [0.4, 0.5) is 0 Å². The lowest BCUT2D eigenvalue weighted by Crippen LogP contribution is -2.43. The Balaban J connectivity index is 1.64. The van der Waals surface area contributed by atoms with Gasteiger partial charge in [0.1, 0.15) is 5.60 Å². The van der Waals surface area contributed by atoms with E-state index in [0.29, 0.717) is 6.42 Å². The van der Waals surface area contributed by atoms with E-state index in [9.17, 15) is 4.79 Å². The van der Waals surface area contributed by atoms with E-state index in [2.05, 4.69) is 53.0 Å². The van der Waals surface area contributed by atoms with Crippen LogP contribution in [-0.2, 0) is 23.0 Å². The van der Waals surface area contributed by atoms with Crippen molar-refractivity contribution < 1.29 is 9.53 Å². The van der Waals surface area contributed by atoms with Crippen molar-refractivity contribution >= 4 is 16.9 Å². The summed E-state index contributed by atoms with van der Waals surface area (Å²) in [7, 11) is 2.08. The minimum atomic E-state index is -0.327. The van der Waals surface area contributed by atoms with Gasteiger partial charge < -0.3 is 9.30 Å². The average molecular weight is 348 g/mol. The third kappa shape index (κ3) is 3.00. The molecule has 1 aliphatic rings. The maximum atomic E-state index is 11.8. The lowest BCUT2D eigenvalue weighted by molar-refractivity contribution is -0.168. The van der Waals surface area contributed by atoms with E-state index in [1.807, 2.05) is 19.3 Å². The molecule has 1 aromatic carbocycles. The molecule has 1 fully saturated rings. The second-order valence-electron chi connectivity index (χ2n) is 7.27. The number of esters is 1. The third-order valence-electron chi connectivity index (χ3n) is 5.45. The highest BCUT2D eigenvalue weighted by Crippen LogP contribution is 2.39. The summed E-state index contributed by atoms with van der Waals surface area (Å²) in [4.78, 5) is 16.3. The largest absolute Gasteiger partial charge is 0.459 e. The van der Waals surface area contributed by atoms with Gasteiger partial charge in [0.15, 0.2) is 0 Å². The minimum absolute atomic E-state index is 0.109. The predicted molar refractivity (Wildman–Crippen MR) is 103 cm³/mol. The minimum Gasteiger partial charge on any atom is -0.459 e. The van der Waals surface area contributed by atoms with Crippen LogP contribution < -0.4 is 0 Å². The molecule has 4 heteroatoms. The molecule has 0 N–H and O–H groups in total. The summed E-state index contributed by atoms with van der Waals surface area (Å²) in [5.74, 6) is -0.109. The van der Waals surface area contributed by atoms with Crippen LogP contribution in [0.15, 0.2) is 48.8 Å². The quantitative estimate of drug-likeness (QED) is 0.630. The number of rotatable bonds is 5. The topological polar surface area (TPSA) is 44.1 Å². The van der Waals surface area contributed by atoms with E-state index in [4.69, 9.17) is 4.74 Å². The molecule has 0 unspecified atom stereocenters. The number of hydrogen-bond donors (Lipinski definition) is 0. The first-order chi connectivity index (χ1) is 12.6. The summed E-state index contributed by atoms with van der Waals surface area (Å²) in [5.41, 5.74) is 4.25. The van der Waals surface area contributed by atoms with Gasteiger partial charge in [0, 0.05) is 48.7 Å². The molecule has 1 aliphatic carbocycles. The summed E-state index contributed by atoms with van der Waals surface area (Å²) < 4.78 is 7.97. The smallest absolute Gasteiger partial charge is 0.306 e. The molecule has 2 aromatic heterocycles. The molecule has 1 saturated carbocycles. The fourth-order valence-electron chi connectivity index (χ4n) is 3.86. The van der Waals surface area contributed by atoms with Crippen LogP contribution in [-0.4, -0.2) is 21.1 Å². The average Bonchev–Trinajstić information content (AvgIpc) is 2.97. The molecule has 4 nitrogen and oxygen atoms in total. The van der Waals surface area contributed by atoms with Crippen LogP contribution in [0, 0.1) is 0 Å². The van der Waals surface area contributed by atoms with Gasteiger partial charge in [-0.3, -0.25) is 9.78 Å².